The third kappa shape index (κ3) is 5.30. The van der Waals surface area contributed by atoms with Gasteiger partial charge in [0.05, 0.1) is 6.10 Å². The number of imidazole rings is 1. The normalized spacial score (nSPS) is 18.5. The maximum atomic E-state index is 5.71. The van der Waals surface area contributed by atoms with Crippen molar-refractivity contribution in [1.29, 1.82) is 0 Å². The van der Waals surface area contributed by atoms with Crippen LogP contribution in [0.4, 0.5) is 10.8 Å². The Morgan fingerprint density at radius 3 is 3.12 bits per heavy atom. The number of hydrogen-bond acceptors (Lipinski definition) is 8. The van der Waals surface area contributed by atoms with Crippen molar-refractivity contribution in [3.8, 4) is 0 Å². The van der Waals surface area contributed by atoms with Crippen LogP contribution in [0.15, 0.2) is 35.3 Å². The van der Waals surface area contributed by atoms with Crippen molar-refractivity contribution in [2.75, 3.05) is 19.0 Å². The van der Waals surface area contributed by atoms with E-state index in [4.69, 9.17) is 9.72 Å². The van der Waals surface area contributed by atoms with E-state index in [-0.39, 0.29) is 21.5 Å². The SMILES string of the molecule is C=C[I-]N/C=C(\C)c1cnc2c(Nc3cc(CN(C)C4C[C@H]4OCC)ns3)nc(C)cn12. The second kappa shape index (κ2) is 10.3. The third-order valence-corrected chi connectivity index (χ3v) is 7.14. The first-order valence-corrected chi connectivity index (χ1v) is 13.6. The molecule has 1 fully saturated rings. The molecule has 3 aromatic rings. The summed E-state index contributed by atoms with van der Waals surface area (Å²) in [4.78, 5) is 11.7. The summed E-state index contributed by atoms with van der Waals surface area (Å²) in [5.41, 5.74) is 4.91. The van der Waals surface area contributed by atoms with E-state index in [0.717, 1.165) is 58.7 Å². The molecule has 3 heterocycles. The molecule has 0 aliphatic heterocycles. The van der Waals surface area contributed by atoms with E-state index in [9.17, 15) is 0 Å². The van der Waals surface area contributed by atoms with E-state index < -0.39 is 0 Å². The van der Waals surface area contributed by atoms with E-state index in [0.29, 0.717) is 12.1 Å². The number of aryl methyl sites for hydroxylation is 1. The predicted octanol–water partition coefficient (Wildman–Crippen LogP) is 0.945. The Hall–Kier alpha value is -2.02. The average molecular weight is 566 g/mol. The molecule has 3 aromatic heterocycles. The van der Waals surface area contributed by atoms with Crippen molar-refractivity contribution in [2.24, 2.45) is 0 Å². The number of ether oxygens (including phenoxy) is 1. The summed E-state index contributed by atoms with van der Waals surface area (Å²) < 4.78 is 17.7. The third-order valence-electron chi connectivity index (χ3n) is 5.29. The fourth-order valence-electron chi connectivity index (χ4n) is 3.67. The molecule has 1 aliphatic carbocycles. The number of hydrogen-bond donors (Lipinski definition) is 2. The van der Waals surface area contributed by atoms with Crippen molar-refractivity contribution in [3.05, 3.63) is 52.4 Å². The fourth-order valence-corrected chi connectivity index (χ4v) is 5.23. The van der Waals surface area contributed by atoms with Crippen LogP contribution in [0, 0.1) is 6.92 Å². The Morgan fingerprint density at radius 2 is 2.34 bits per heavy atom. The van der Waals surface area contributed by atoms with Crippen LogP contribution in [0.3, 0.4) is 0 Å². The van der Waals surface area contributed by atoms with Crippen molar-refractivity contribution < 1.29 is 26.2 Å². The summed E-state index contributed by atoms with van der Waals surface area (Å²) in [5.74, 6) is 0.734. The van der Waals surface area contributed by atoms with E-state index in [1.807, 2.05) is 36.5 Å². The maximum absolute atomic E-state index is 5.71. The van der Waals surface area contributed by atoms with Gasteiger partial charge in [-0.3, -0.25) is 4.90 Å². The van der Waals surface area contributed by atoms with Gasteiger partial charge < -0.3 is 4.74 Å². The number of aromatic nitrogens is 4. The second-order valence-electron chi connectivity index (χ2n) is 7.79. The Balaban J connectivity index is 1.49. The van der Waals surface area contributed by atoms with Crippen LogP contribution in [0.1, 0.15) is 37.4 Å². The molecule has 1 aliphatic rings. The van der Waals surface area contributed by atoms with Crippen molar-refractivity contribution in [3.63, 3.8) is 0 Å². The molecule has 4 rings (SSSR count). The number of nitrogens with zero attached hydrogens (tertiary/aromatic N) is 5. The number of anilines is 2. The molecule has 0 saturated heterocycles. The molecule has 32 heavy (non-hydrogen) atoms. The minimum atomic E-state index is -0.216. The molecule has 2 atom stereocenters. The van der Waals surface area contributed by atoms with E-state index in [1.165, 1.54) is 11.5 Å². The van der Waals surface area contributed by atoms with Crippen molar-refractivity contribution in [1.82, 2.24) is 27.2 Å². The summed E-state index contributed by atoms with van der Waals surface area (Å²) in [6.07, 6.45) is 7.40. The van der Waals surface area contributed by atoms with Crippen LogP contribution in [-0.2, 0) is 11.3 Å². The van der Waals surface area contributed by atoms with Crippen LogP contribution >= 0.6 is 11.5 Å². The van der Waals surface area contributed by atoms with Crippen LogP contribution < -0.4 is 30.3 Å². The average Bonchev–Trinajstić information content (AvgIpc) is 3.18. The zero-order valence-electron chi connectivity index (χ0n) is 18.8. The first kappa shape index (κ1) is 23.1. The monoisotopic (exact) mass is 566 g/mol. The zero-order valence-corrected chi connectivity index (χ0v) is 21.8. The first-order valence-electron chi connectivity index (χ1n) is 10.5. The second-order valence-corrected chi connectivity index (χ2v) is 10.7. The molecule has 0 radical (unpaired) electrons. The van der Waals surface area contributed by atoms with Crippen molar-refractivity contribution in [2.45, 2.75) is 45.9 Å². The number of nitrogens with one attached hydrogen (secondary N) is 2. The van der Waals surface area contributed by atoms with Crippen LogP contribution in [0.25, 0.3) is 11.2 Å². The number of likely N-dealkylation sites (N-methyl/N-ethyl adjacent to an activating group) is 1. The van der Waals surface area contributed by atoms with Gasteiger partial charge in [-0.1, -0.05) is 0 Å². The van der Waals surface area contributed by atoms with Gasteiger partial charge in [-0.05, 0) is 20.4 Å². The van der Waals surface area contributed by atoms with Crippen LogP contribution in [-0.4, -0.2) is 49.4 Å². The quantitative estimate of drug-likeness (QED) is 0.203. The van der Waals surface area contributed by atoms with Gasteiger partial charge in [0.15, 0.2) is 0 Å². The molecule has 1 saturated carbocycles. The number of allylic oxidation sites excluding steroid dienone is 1. The van der Waals surface area contributed by atoms with Gasteiger partial charge in [-0.25, -0.2) is 0 Å². The fraction of sp³-hybridized carbons (Fsp3) is 0.409. The number of halogens is 1. The number of rotatable bonds is 11. The number of fused-ring (bicyclic) bond motifs is 1. The van der Waals surface area contributed by atoms with Gasteiger partial charge in [-0.2, -0.15) is 0 Å². The molecule has 0 spiro atoms. The molecule has 1 unspecified atom stereocenters. The molecule has 0 bridgehead atoms. The molecular weight excluding hydrogens is 537 g/mol. The summed E-state index contributed by atoms with van der Waals surface area (Å²) in [5, 5.41) is 4.39. The molecule has 0 amide bonds. The molecule has 8 nitrogen and oxygen atoms in total. The van der Waals surface area contributed by atoms with Gasteiger partial charge in [-0.15, -0.1) is 0 Å². The summed E-state index contributed by atoms with van der Waals surface area (Å²) >= 11 is 1.23. The molecular formula is C22H29IN7OS-. The molecule has 172 valence electrons. The summed E-state index contributed by atoms with van der Waals surface area (Å²) in [6, 6.07) is 2.59. The van der Waals surface area contributed by atoms with E-state index in [2.05, 4.69) is 54.1 Å². The predicted molar refractivity (Wildman–Crippen MR) is 125 cm³/mol. The minimum absolute atomic E-state index is 0.216. The Kier molecular flexibility index (Phi) is 7.44. The molecule has 2 N–H and O–H groups in total. The van der Waals surface area contributed by atoms with E-state index >= 15 is 0 Å². The van der Waals surface area contributed by atoms with Crippen molar-refractivity contribution >= 4 is 33.6 Å². The topological polar surface area (TPSA) is 79.6 Å². The van der Waals surface area contributed by atoms with Gasteiger partial charge >= 0.3 is 155 Å². The summed E-state index contributed by atoms with van der Waals surface area (Å²) in [6.45, 7) is 11.5. The van der Waals surface area contributed by atoms with Crippen LogP contribution in [0.5, 0.6) is 0 Å². The Bertz CT molecular complexity index is 1120. The molecule has 0 aromatic carbocycles. The first-order chi connectivity index (χ1) is 15.5. The van der Waals surface area contributed by atoms with Gasteiger partial charge in [0.2, 0.25) is 0 Å². The Labute approximate surface area is 203 Å². The zero-order chi connectivity index (χ0) is 22.7. The van der Waals surface area contributed by atoms with Gasteiger partial charge in [0, 0.05) is 12.6 Å². The Morgan fingerprint density at radius 1 is 1.50 bits per heavy atom. The van der Waals surface area contributed by atoms with Gasteiger partial charge in [0.1, 0.15) is 0 Å². The summed E-state index contributed by atoms with van der Waals surface area (Å²) in [7, 11) is 2.13. The standard InChI is InChI=1S/C22H29IN7OS/c1-6-23-25-10-14(3)18-11-24-22-21(26-15(4)12-30(18)22)27-20-8-16(28-32-20)13-29(5)17-9-19(17)31-7-2/h6,8,10-12,17,19,25H,1,7,9,13H2,2-5H3,(H,26,27)/q-1/b14-10+/t17?,19-/m1/s1. The van der Waals surface area contributed by atoms with Gasteiger partial charge in [0.25, 0.3) is 0 Å². The van der Waals surface area contributed by atoms with Crippen LogP contribution in [0.2, 0.25) is 0 Å². The molecule has 10 heteroatoms. The van der Waals surface area contributed by atoms with E-state index in [1.54, 1.807) is 0 Å².